The van der Waals surface area contributed by atoms with Crippen molar-refractivity contribution in [3.63, 3.8) is 0 Å². The molecule has 152 valence electrons. The first-order chi connectivity index (χ1) is 13.1. The molecule has 4 nitrogen and oxygen atoms in total. The van der Waals surface area contributed by atoms with E-state index in [4.69, 9.17) is 4.74 Å². The van der Waals surface area contributed by atoms with Crippen molar-refractivity contribution in [1.29, 1.82) is 0 Å². The third-order valence-corrected chi connectivity index (χ3v) is 4.97. The predicted octanol–water partition coefficient (Wildman–Crippen LogP) is 5.00. The van der Waals surface area contributed by atoms with Gasteiger partial charge in [0.15, 0.2) is 0 Å². The van der Waals surface area contributed by atoms with Crippen LogP contribution < -0.4 is 10.2 Å². The van der Waals surface area contributed by atoms with Gasteiger partial charge in [0, 0.05) is 6.54 Å². The summed E-state index contributed by atoms with van der Waals surface area (Å²) >= 11 is 0. The van der Waals surface area contributed by atoms with Crippen molar-refractivity contribution < 1.29 is 22.7 Å². The van der Waals surface area contributed by atoms with Crippen LogP contribution in [0.5, 0.6) is 5.75 Å². The van der Waals surface area contributed by atoms with Gasteiger partial charge in [-0.3, -0.25) is 10.2 Å². The minimum absolute atomic E-state index is 0.0196. The van der Waals surface area contributed by atoms with E-state index in [2.05, 4.69) is 12.3 Å². The minimum atomic E-state index is -4.53. The SMILES string of the molecule is CCCCOc1ccc2ccc([C@H](N3CC(C)(C)C(=O)N3)C(F)(F)F)cc2c1. The number of fused-ring (bicyclic) bond motifs is 1. The fourth-order valence-corrected chi connectivity index (χ4v) is 3.36. The molecule has 1 saturated heterocycles. The molecule has 1 fully saturated rings. The molecule has 0 aliphatic carbocycles. The second kappa shape index (κ2) is 7.62. The normalized spacial score (nSPS) is 18.3. The highest BCUT2D eigenvalue weighted by atomic mass is 19.4. The van der Waals surface area contributed by atoms with Crippen LogP contribution in [0.25, 0.3) is 10.8 Å². The number of hydrogen-bond acceptors (Lipinski definition) is 3. The number of rotatable bonds is 6. The highest BCUT2D eigenvalue weighted by Gasteiger charge is 2.51. The molecule has 0 aromatic heterocycles. The lowest BCUT2D eigenvalue weighted by Gasteiger charge is -2.30. The fraction of sp³-hybridized carbons (Fsp3) is 0.476. The topological polar surface area (TPSA) is 41.6 Å². The molecule has 0 saturated carbocycles. The van der Waals surface area contributed by atoms with Gasteiger partial charge in [-0.25, -0.2) is 5.01 Å². The lowest BCUT2D eigenvalue weighted by Crippen LogP contribution is -2.43. The van der Waals surface area contributed by atoms with Crippen molar-refractivity contribution in [2.75, 3.05) is 13.2 Å². The molecule has 2 aromatic carbocycles. The Bertz CT molecular complexity index is 864. The smallest absolute Gasteiger partial charge is 0.409 e. The maximum atomic E-state index is 13.9. The molecule has 0 bridgehead atoms. The molecule has 1 aliphatic rings. The zero-order valence-electron chi connectivity index (χ0n) is 16.3. The van der Waals surface area contributed by atoms with E-state index in [0.29, 0.717) is 17.7 Å². The highest BCUT2D eigenvalue weighted by molar-refractivity contribution is 5.85. The summed E-state index contributed by atoms with van der Waals surface area (Å²) in [5.41, 5.74) is 1.61. The van der Waals surface area contributed by atoms with E-state index in [1.54, 1.807) is 26.0 Å². The van der Waals surface area contributed by atoms with Gasteiger partial charge in [-0.05, 0) is 54.8 Å². The van der Waals surface area contributed by atoms with E-state index in [0.717, 1.165) is 23.2 Å². The fourth-order valence-electron chi connectivity index (χ4n) is 3.36. The second-order valence-electron chi connectivity index (χ2n) is 7.87. The number of halogens is 3. The Kier molecular flexibility index (Phi) is 5.57. The number of hydrogen-bond donors (Lipinski definition) is 1. The third kappa shape index (κ3) is 4.24. The maximum absolute atomic E-state index is 13.9. The molecule has 0 spiro atoms. The van der Waals surface area contributed by atoms with Crippen molar-refractivity contribution in [1.82, 2.24) is 10.4 Å². The molecule has 28 heavy (non-hydrogen) atoms. The Hall–Kier alpha value is -2.28. The molecule has 1 atom stereocenters. The molecule has 0 radical (unpaired) electrons. The zero-order chi connectivity index (χ0) is 20.5. The van der Waals surface area contributed by atoms with E-state index in [-0.39, 0.29) is 12.1 Å². The summed E-state index contributed by atoms with van der Waals surface area (Å²) in [6, 6.07) is 8.17. The van der Waals surface area contributed by atoms with Gasteiger partial charge in [-0.1, -0.05) is 31.5 Å². The Labute approximate surface area is 162 Å². The predicted molar refractivity (Wildman–Crippen MR) is 102 cm³/mol. The van der Waals surface area contributed by atoms with Crippen molar-refractivity contribution in [3.05, 3.63) is 42.0 Å². The molecule has 7 heteroatoms. The number of alkyl halides is 3. The van der Waals surface area contributed by atoms with Gasteiger partial charge in [0.05, 0.1) is 12.0 Å². The molecule has 2 aromatic rings. The van der Waals surface area contributed by atoms with Gasteiger partial charge in [0.2, 0.25) is 5.91 Å². The Morgan fingerprint density at radius 3 is 2.50 bits per heavy atom. The highest BCUT2D eigenvalue weighted by Crippen LogP contribution is 2.41. The van der Waals surface area contributed by atoms with E-state index in [1.807, 2.05) is 12.1 Å². The van der Waals surface area contributed by atoms with Crippen LogP contribution in [-0.4, -0.2) is 30.2 Å². The largest absolute Gasteiger partial charge is 0.494 e. The van der Waals surface area contributed by atoms with E-state index < -0.39 is 23.5 Å². The number of benzene rings is 2. The van der Waals surface area contributed by atoms with Crippen LogP contribution in [-0.2, 0) is 4.79 Å². The standard InChI is InChI=1S/C21H25F3N2O2/c1-4-5-10-28-17-9-8-14-6-7-15(11-16(14)12-17)18(21(22,23)24)26-13-20(2,3)19(27)25-26/h6-9,11-12,18H,4-5,10,13H2,1-3H3,(H,25,27)/t18-/m0/s1. The first-order valence-electron chi connectivity index (χ1n) is 9.43. The summed E-state index contributed by atoms with van der Waals surface area (Å²) in [4.78, 5) is 12.0. The number of amides is 1. The summed E-state index contributed by atoms with van der Waals surface area (Å²) in [6.45, 7) is 5.88. The van der Waals surface area contributed by atoms with Crippen LogP contribution in [0, 0.1) is 5.41 Å². The third-order valence-electron chi connectivity index (χ3n) is 4.97. The quantitative estimate of drug-likeness (QED) is 0.702. The zero-order valence-corrected chi connectivity index (χ0v) is 16.3. The lowest BCUT2D eigenvalue weighted by molar-refractivity contribution is -0.191. The Morgan fingerprint density at radius 1 is 1.18 bits per heavy atom. The summed E-state index contributed by atoms with van der Waals surface area (Å²) in [5.74, 6) is 0.228. The number of nitrogens with one attached hydrogen (secondary N) is 1. The lowest BCUT2D eigenvalue weighted by atomic mass is 9.93. The molecule has 0 unspecified atom stereocenters. The Morgan fingerprint density at radius 2 is 1.89 bits per heavy atom. The van der Waals surface area contributed by atoms with Crippen LogP contribution in [0.4, 0.5) is 13.2 Å². The Balaban J connectivity index is 1.95. The van der Waals surface area contributed by atoms with E-state index >= 15 is 0 Å². The molecule has 3 rings (SSSR count). The monoisotopic (exact) mass is 394 g/mol. The van der Waals surface area contributed by atoms with Crippen LogP contribution in [0.3, 0.4) is 0 Å². The van der Waals surface area contributed by atoms with Crippen LogP contribution in [0.2, 0.25) is 0 Å². The number of ether oxygens (including phenoxy) is 1. The number of carbonyl (C=O) groups excluding carboxylic acids is 1. The molecular formula is C21H25F3N2O2. The summed E-state index contributed by atoms with van der Waals surface area (Å²) in [6.07, 6.45) is -2.61. The van der Waals surface area contributed by atoms with Crippen LogP contribution in [0.15, 0.2) is 36.4 Å². The summed E-state index contributed by atoms with van der Waals surface area (Å²) in [5, 5.41) is 2.49. The summed E-state index contributed by atoms with van der Waals surface area (Å²) < 4.78 is 47.4. The van der Waals surface area contributed by atoms with Gasteiger partial charge in [0.1, 0.15) is 11.8 Å². The average Bonchev–Trinajstić information content (AvgIpc) is 2.86. The van der Waals surface area contributed by atoms with Crippen molar-refractivity contribution >= 4 is 16.7 Å². The number of nitrogens with zero attached hydrogens (tertiary/aromatic N) is 1. The maximum Gasteiger partial charge on any atom is 0.409 e. The summed E-state index contributed by atoms with van der Waals surface area (Å²) in [7, 11) is 0. The van der Waals surface area contributed by atoms with Gasteiger partial charge < -0.3 is 4.74 Å². The second-order valence-corrected chi connectivity index (χ2v) is 7.87. The number of hydrazine groups is 1. The van der Waals surface area contributed by atoms with Gasteiger partial charge in [-0.15, -0.1) is 0 Å². The van der Waals surface area contributed by atoms with E-state index in [9.17, 15) is 18.0 Å². The first-order valence-corrected chi connectivity index (χ1v) is 9.43. The van der Waals surface area contributed by atoms with Gasteiger partial charge in [0.25, 0.3) is 0 Å². The molecule has 1 aliphatic heterocycles. The molecular weight excluding hydrogens is 369 g/mol. The van der Waals surface area contributed by atoms with Gasteiger partial charge in [-0.2, -0.15) is 13.2 Å². The van der Waals surface area contributed by atoms with Crippen molar-refractivity contribution in [2.45, 2.75) is 45.8 Å². The molecule has 1 heterocycles. The number of unbranched alkanes of at least 4 members (excludes halogenated alkanes) is 1. The number of carbonyl (C=O) groups is 1. The van der Waals surface area contributed by atoms with Crippen molar-refractivity contribution in [2.24, 2.45) is 5.41 Å². The van der Waals surface area contributed by atoms with Crippen LogP contribution in [0.1, 0.15) is 45.2 Å². The first kappa shape index (κ1) is 20.5. The van der Waals surface area contributed by atoms with Crippen molar-refractivity contribution in [3.8, 4) is 5.75 Å². The molecule has 1 N–H and O–H groups in total. The van der Waals surface area contributed by atoms with E-state index in [1.165, 1.54) is 12.1 Å². The van der Waals surface area contributed by atoms with Crippen LogP contribution >= 0.6 is 0 Å². The minimum Gasteiger partial charge on any atom is -0.494 e. The molecule has 1 amide bonds. The average molecular weight is 394 g/mol. The van der Waals surface area contributed by atoms with Gasteiger partial charge >= 0.3 is 6.18 Å².